The van der Waals surface area contributed by atoms with Gasteiger partial charge < -0.3 is 10.1 Å². The van der Waals surface area contributed by atoms with Gasteiger partial charge in [0.05, 0.1) is 19.3 Å². The average Bonchev–Trinajstić information content (AvgIpc) is 2.86. The van der Waals surface area contributed by atoms with Crippen molar-refractivity contribution in [3.05, 3.63) is 39.4 Å². The molecule has 0 atom stereocenters. The number of amides is 1. The normalized spacial score (nSPS) is 11.0. The number of aryl methyl sites for hydroxylation is 4. The Balaban J connectivity index is 1.95. The summed E-state index contributed by atoms with van der Waals surface area (Å²) < 4.78 is 5.40. The van der Waals surface area contributed by atoms with E-state index >= 15 is 0 Å². The first-order chi connectivity index (χ1) is 11.8. The predicted molar refractivity (Wildman–Crippen MR) is 104 cm³/mol. The van der Waals surface area contributed by atoms with Gasteiger partial charge in [-0.15, -0.1) is 11.3 Å². The number of nitrogens with one attached hydrogen (secondary N) is 1. The minimum Gasteiger partial charge on any atom is -0.496 e. The molecular weight excluding hydrogens is 334 g/mol. The lowest BCUT2D eigenvalue weighted by Crippen LogP contribution is -2.29. The van der Waals surface area contributed by atoms with E-state index in [1.165, 1.54) is 16.9 Å². The molecule has 1 aromatic carbocycles. The molecule has 136 valence electrons. The van der Waals surface area contributed by atoms with Gasteiger partial charge in [-0.25, -0.2) is 4.98 Å². The molecule has 0 aliphatic carbocycles. The molecule has 0 saturated carbocycles. The van der Waals surface area contributed by atoms with Gasteiger partial charge in [-0.1, -0.05) is 19.1 Å². The lowest BCUT2D eigenvalue weighted by atomic mass is 10.1. The molecule has 0 unspecified atom stereocenters. The van der Waals surface area contributed by atoms with Crippen LogP contribution in [-0.2, 0) is 17.8 Å². The van der Waals surface area contributed by atoms with Crippen LogP contribution >= 0.6 is 11.3 Å². The summed E-state index contributed by atoms with van der Waals surface area (Å²) in [6.45, 7) is 9.21. The van der Waals surface area contributed by atoms with Gasteiger partial charge in [0.2, 0.25) is 5.91 Å². The van der Waals surface area contributed by atoms with Crippen molar-refractivity contribution in [3.63, 3.8) is 0 Å². The summed E-state index contributed by atoms with van der Waals surface area (Å²) in [4.78, 5) is 19.9. The number of ether oxygens (including phenoxy) is 1. The molecule has 0 radical (unpaired) electrons. The number of nitrogens with zero attached hydrogens (tertiary/aromatic N) is 2. The first-order valence-corrected chi connectivity index (χ1v) is 9.24. The Morgan fingerprint density at radius 3 is 2.44 bits per heavy atom. The zero-order valence-electron chi connectivity index (χ0n) is 15.9. The van der Waals surface area contributed by atoms with Gasteiger partial charge >= 0.3 is 0 Å². The fourth-order valence-corrected chi connectivity index (χ4v) is 3.95. The molecule has 1 N–H and O–H groups in total. The molecular formula is C19H27N3O2S. The number of hydrogen-bond donors (Lipinski definition) is 1. The van der Waals surface area contributed by atoms with Crippen LogP contribution in [0.4, 0.5) is 5.13 Å². The van der Waals surface area contributed by atoms with Crippen LogP contribution in [0.3, 0.4) is 0 Å². The van der Waals surface area contributed by atoms with E-state index in [1.807, 2.05) is 32.7 Å². The predicted octanol–water partition coefficient (Wildman–Crippen LogP) is 3.71. The van der Waals surface area contributed by atoms with E-state index in [0.29, 0.717) is 18.2 Å². The van der Waals surface area contributed by atoms with Gasteiger partial charge in [0.25, 0.3) is 0 Å². The van der Waals surface area contributed by atoms with E-state index in [1.54, 1.807) is 7.11 Å². The van der Waals surface area contributed by atoms with Crippen molar-refractivity contribution in [3.8, 4) is 5.75 Å². The molecule has 1 amide bonds. The highest BCUT2D eigenvalue weighted by atomic mass is 32.1. The molecule has 0 saturated heterocycles. The summed E-state index contributed by atoms with van der Waals surface area (Å²) in [6.07, 6.45) is 0.883. The van der Waals surface area contributed by atoms with Crippen LogP contribution in [0.5, 0.6) is 5.75 Å². The number of thiazole rings is 1. The summed E-state index contributed by atoms with van der Waals surface area (Å²) >= 11 is 1.53. The fraction of sp³-hybridized carbons (Fsp3) is 0.474. The number of aromatic nitrogens is 1. The largest absolute Gasteiger partial charge is 0.496 e. The molecule has 1 aromatic heterocycles. The number of rotatable bonds is 7. The second-order valence-corrected chi connectivity index (χ2v) is 7.56. The van der Waals surface area contributed by atoms with Gasteiger partial charge in [0.1, 0.15) is 5.75 Å². The van der Waals surface area contributed by atoms with E-state index in [0.717, 1.165) is 33.9 Å². The standard InChI is InChI=1S/C19H27N3O2S/c1-7-16-14(4)25-19(20-16)21-17(23)11-22(5)10-15-8-12(2)18(24-6)13(3)9-15/h8-9H,7,10-11H2,1-6H3,(H,20,21,23). The van der Waals surface area contributed by atoms with Crippen molar-refractivity contribution in [2.45, 2.75) is 40.7 Å². The molecule has 2 rings (SSSR count). The number of carbonyl (C=O) groups is 1. The van der Waals surface area contributed by atoms with Gasteiger partial charge in [-0.3, -0.25) is 9.69 Å². The van der Waals surface area contributed by atoms with Gasteiger partial charge in [0.15, 0.2) is 5.13 Å². The Hall–Kier alpha value is -1.92. The summed E-state index contributed by atoms with van der Waals surface area (Å²) in [5, 5.41) is 3.59. The van der Waals surface area contributed by atoms with E-state index in [-0.39, 0.29) is 5.91 Å². The number of anilines is 1. The molecule has 1 heterocycles. The van der Waals surface area contributed by atoms with E-state index in [9.17, 15) is 4.79 Å². The van der Waals surface area contributed by atoms with Crippen LogP contribution in [0.2, 0.25) is 0 Å². The van der Waals surface area contributed by atoms with Gasteiger partial charge in [-0.2, -0.15) is 0 Å². The minimum atomic E-state index is -0.0409. The smallest absolute Gasteiger partial charge is 0.240 e. The molecule has 0 spiro atoms. The summed E-state index contributed by atoms with van der Waals surface area (Å²) in [5.41, 5.74) is 4.45. The van der Waals surface area contributed by atoms with Crippen LogP contribution in [-0.4, -0.2) is 36.5 Å². The summed E-state index contributed by atoms with van der Waals surface area (Å²) in [5.74, 6) is 0.885. The quantitative estimate of drug-likeness (QED) is 0.817. The third-order valence-electron chi connectivity index (χ3n) is 4.06. The van der Waals surface area contributed by atoms with Crippen LogP contribution in [0.25, 0.3) is 0 Å². The van der Waals surface area contributed by atoms with E-state index < -0.39 is 0 Å². The maximum atomic E-state index is 12.3. The number of hydrogen-bond acceptors (Lipinski definition) is 5. The number of likely N-dealkylation sites (N-methyl/N-ethyl adjacent to an activating group) is 1. The molecule has 2 aromatic rings. The van der Waals surface area contributed by atoms with Crippen molar-refractivity contribution >= 4 is 22.4 Å². The maximum Gasteiger partial charge on any atom is 0.240 e. The Morgan fingerprint density at radius 2 is 1.92 bits per heavy atom. The first kappa shape index (κ1) is 19.4. The third kappa shape index (κ3) is 5.03. The van der Waals surface area contributed by atoms with Crippen molar-refractivity contribution in [1.82, 2.24) is 9.88 Å². The number of benzene rings is 1. The highest BCUT2D eigenvalue weighted by molar-refractivity contribution is 7.15. The van der Waals surface area contributed by atoms with Gasteiger partial charge in [-0.05, 0) is 50.9 Å². The van der Waals surface area contributed by atoms with Crippen molar-refractivity contribution < 1.29 is 9.53 Å². The molecule has 0 bridgehead atoms. The van der Waals surface area contributed by atoms with E-state index in [4.69, 9.17) is 4.74 Å². The molecule has 5 nitrogen and oxygen atoms in total. The van der Waals surface area contributed by atoms with Crippen LogP contribution in [0, 0.1) is 20.8 Å². The average molecular weight is 362 g/mol. The first-order valence-electron chi connectivity index (χ1n) is 8.42. The molecule has 0 fully saturated rings. The fourth-order valence-electron chi connectivity index (χ4n) is 3.03. The topological polar surface area (TPSA) is 54.5 Å². The Kier molecular flexibility index (Phi) is 6.56. The van der Waals surface area contributed by atoms with Crippen LogP contribution in [0.1, 0.15) is 34.2 Å². The van der Waals surface area contributed by atoms with Crippen LogP contribution in [0.15, 0.2) is 12.1 Å². The second kappa shape index (κ2) is 8.45. The molecule has 0 aliphatic rings. The maximum absolute atomic E-state index is 12.3. The highest BCUT2D eigenvalue weighted by Gasteiger charge is 2.13. The Morgan fingerprint density at radius 1 is 1.28 bits per heavy atom. The Labute approximate surface area is 154 Å². The lowest BCUT2D eigenvalue weighted by molar-refractivity contribution is -0.117. The zero-order valence-corrected chi connectivity index (χ0v) is 16.7. The van der Waals surface area contributed by atoms with Crippen LogP contribution < -0.4 is 10.1 Å². The lowest BCUT2D eigenvalue weighted by Gasteiger charge is -2.18. The SMILES string of the molecule is CCc1nc(NC(=O)CN(C)Cc2cc(C)c(OC)c(C)c2)sc1C. The molecule has 6 heteroatoms. The molecule has 0 aliphatic heterocycles. The number of methoxy groups -OCH3 is 1. The van der Waals surface area contributed by atoms with E-state index in [2.05, 4.69) is 29.4 Å². The number of carbonyl (C=O) groups excluding carboxylic acids is 1. The van der Waals surface area contributed by atoms with Crippen molar-refractivity contribution in [2.24, 2.45) is 0 Å². The molecule has 25 heavy (non-hydrogen) atoms. The monoisotopic (exact) mass is 361 g/mol. The third-order valence-corrected chi connectivity index (χ3v) is 4.99. The van der Waals surface area contributed by atoms with Crippen molar-refractivity contribution in [1.29, 1.82) is 0 Å². The Bertz CT molecular complexity index is 732. The van der Waals surface area contributed by atoms with Gasteiger partial charge in [0, 0.05) is 11.4 Å². The zero-order chi connectivity index (χ0) is 18.6. The highest BCUT2D eigenvalue weighted by Crippen LogP contribution is 2.25. The second-order valence-electron chi connectivity index (χ2n) is 6.36. The summed E-state index contributed by atoms with van der Waals surface area (Å²) in [6, 6.07) is 4.22. The van der Waals surface area contributed by atoms with Crippen molar-refractivity contribution in [2.75, 3.05) is 26.0 Å². The minimum absolute atomic E-state index is 0.0409. The summed E-state index contributed by atoms with van der Waals surface area (Å²) in [7, 11) is 3.63.